The molecule has 0 fully saturated rings. The van der Waals surface area contributed by atoms with E-state index in [9.17, 15) is 26.7 Å². The minimum Gasteiger partial charge on any atom is -0.493 e. The van der Waals surface area contributed by atoms with Crippen molar-refractivity contribution in [2.45, 2.75) is 18.8 Å². The summed E-state index contributed by atoms with van der Waals surface area (Å²) < 4.78 is 85.2. The lowest BCUT2D eigenvalue weighted by Gasteiger charge is -2.24. The lowest BCUT2D eigenvalue weighted by Crippen LogP contribution is -2.38. The number of hydrogen-bond donors (Lipinski definition) is 1. The summed E-state index contributed by atoms with van der Waals surface area (Å²) in [5.74, 6) is -1.52. The van der Waals surface area contributed by atoms with Gasteiger partial charge in [-0.25, -0.2) is 0 Å². The van der Waals surface area contributed by atoms with Crippen LogP contribution in [0.3, 0.4) is 0 Å². The zero-order valence-corrected chi connectivity index (χ0v) is 16.0. The molecule has 2 rings (SSSR count). The molecule has 6 nitrogen and oxygen atoms in total. The predicted molar refractivity (Wildman–Crippen MR) is 95.4 cm³/mol. The van der Waals surface area contributed by atoms with Crippen molar-refractivity contribution >= 4 is 5.91 Å². The van der Waals surface area contributed by atoms with Crippen molar-refractivity contribution in [2.75, 3.05) is 21.3 Å². The number of carbonyl (C=O) groups excluding carboxylic acids is 1. The van der Waals surface area contributed by atoms with E-state index in [0.29, 0.717) is 0 Å². The highest BCUT2D eigenvalue weighted by Gasteiger charge is 2.43. The van der Waals surface area contributed by atoms with E-state index in [0.717, 1.165) is 30.3 Å². The first-order valence-corrected chi connectivity index (χ1v) is 8.33. The van der Waals surface area contributed by atoms with E-state index in [1.165, 1.54) is 27.4 Å². The molecule has 0 spiro atoms. The van der Waals surface area contributed by atoms with Crippen molar-refractivity contribution in [1.29, 1.82) is 0 Å². The summed E-state index contributed by atoms with van der Waals surface area (Å²) >= 11 is 0. The normalized spacial score (nSPS) is 12.3. The second-order valence-electron chi connectivity index (χ2n) is 5.81. The van der Waals surface area contributed by atoms with Crippen LogP contribution < -0.4 is 24.3 Å². The SMILES string of the molecule is COc1cc([C@@H](NC(=O)c2cccc(OC(F)F)c2)C(F)(F)F)cc(OC)c1OC. The Labute approximate surface area is 168 Å². The third kappa shape index (κ3) is 5.43. The van der Waals surface area contributed by atoms with Gasteiger partial charge in [0.25, 0.3) is 5.91 Å². The molecule has 1 atom stereocenters. The fourth-order valence-electron chi connectivity index (χ4n) is 2.65. The van der Waals surface area contributed by atoms with Crippen LogP contribution in [0.25, 0.3) is 0 Å². The Kier molecular flexibility index (Phi) is 7.30. The maximum atomic E-state index is 13.7. The Morgan fingerprint density at radius 3 is 2.03 bits per heavy atom. The fraction of sp³-hybridized carbons (Fsp3) is 0.316. The Balaban J connectivity index is 2.42. The maximum Gasteiger partial charge on any atom is 0.412 e. The molecule has 0 aliphatic carbocycles. The highest BCUT2D eigenvalue weighted by molar-refractivity contribution is 5.95. The first kappa shape index (κ1) is 23.0. The van der Waals surface area contributed by atoms with Gasteiger partial charge in [-0.1, -0.05) is 6.07 Å². The van der Waals surface area contributed by atoms with E-state index < -0.39 is 24.7 Å². The number of nitrogens with one attached hydrogen (secondary N) is 1. The molecule has 30 heavy (non-hydrogen) atoms. The maximum absolute atomic E-state index is 13.7. The molecule has 0 aliphatic rings. The summed E-state index contributed by atoms with van der Waals surface area (Å²) in [6.45, 7) is -3.15. The van der Waals surface area contributed by atoms with E-state index in [-0.39, 0.29) is 34.1 Å². The van der Waals surface area contributed by atoms with Gasteiger partial charge in [-0.2, -0.15) is 22.0 Å². The number of ether oxygens (including phenoxy) is 4. The number of carbonyl (C=O) groups is 1. The lowest BCUT2D eigenvalue weighted by atomic mass is 10.0. The summed E-state index contributed by atoms with van der Waals surface area (Å²) in [4.78, 5) is 12.4. The van der Waals surface area contributed by atoms with Gasteiger partial charge in [-0.3, -0.25) is 4.79 Å². The van der Waals surface area contributed by atoms with Crippen molar-refractivity contribution in [3.63, 3.8) is 0 Å². The van der Waals surface area contributed by atoms with E-state index in [4.69, 9.17) is 14.2 Å². The number of amides is 1. The molecule has 11 heteroatoms. The number of halogens is 5. The molecule has 2 aromatic rings. The lowest BCUT2D eigenvalue weighted by molar-refractivity contribution is -0.155. The average molecular weight is 435 g/mol. The second kappa shape index (κ2) is 9.51. The fourth-order valence-corrected chi connectivity index (χ4v) is 2.65. The van der Waals surface area contributed by atoms with Gasteiger partial charge in [-0.05, 0) is 35.9 Å². The van der Waals surface area contributed by atoms with Gasteiger partial charge in [0.15, 0.2) is 17.5 Å². The second-order valence-corrected chi connectivity index (χ2v) is 5.81. The topological polar surface area (TPSA) is 66.0 Å². The molecule has 0 saturated carbocycles. The monoisotopic (exact) mass is 435 g/mol. The molecule has 2 aromatic carbocycles. The minimum absolute atomic E-state index is 0.0392. The Bertz CT molecular complexity index is 863. The standard InChI is InChI=1S/C19H18F5NO5/c1-27-13-8-11(9-14(28-2)15(13)29-3)16(19(22,23)24)25-17(26)10-5-4-6-12(7-10)30-18(20)21/h4-9,16,18H,1-3H3,(H,25,26)/t16-/m1/s1. The van der Waals surface area contributed by atoms with Crippen LogP contribution in [0, 0.1) is 0 Å². The molecule has 0 aliphatic heterocycles. The summed E-state index contributed by atoms with van der Waals surface area (Å²) in [6, 6.07) is 4.07. The molecule has 0 saturated heterocycles. The molecule has 1 amide bonds. The van der Waals surface area contributed by atoms with Gasteiger partial charge in [0.1, 0.15) is 5.75 Å². The van der Waals surface area contributed by atoms with Gasteiger partial charge in [0.05, 0.1) is 21.3 Å². The highest BCUT2D eigenvalue weighted by Crippen LogP contribution is 2.43. The van der Waals surface area contributed by atoms with Gasteiger partial charge in [0, 0.05) is 5.56 Å². The number of methoxy groups -OCH3 is 3. The smallest absolute Gasteiger partial charge is 0.412 e. The van der Waals surface area contributed by atoms with Crippen LogP contribution in [-0.4, -0.2) is 40.0 Å². The Morgan fingerprint density at radius 2 is 1.57 bits per heavy atom. The molecule has 0 radical (unpaired) electrons. The molecule has 0 heterocycles. The zero-order valence-electron chi connectivity index (χ0n) is 16.0. The molecule has 164 valence electrons. The van der Waals surface area contributed by atoms with Crippen molar-refractivity contribution in [3.05, 3.63) is 47.5 Å². The van der Waals surface area contributed by atoms with Crippen molar-refractivity contribution < 1.29 is 45.7 Å². The van der Waals surface area contributed by atoms with Gasteiger partial charge < -0.3 is 24.3 Å². The van der Waals surface area contributed by atoms with Crippen LogP contribution in [-0.2, 0) is 0 Å². The predicted octanol–water partition coefficient (Wildman–Crippen LogP) is 4.35. The first-order chi connectivity index (χ1) is 14.1. The van der Waals surface area contributed by atoms with Crippen LogP contribution in [0.15, 0.2) is 36.4 Å². The van der Waals surface area contributed by atoms with E-state index in [1.807, 2.05) is 5.32 Å². The van der Waals surface area contributed by atoms with E-state index in [1.54, 1.807) is 0 Å². The summed E-state index contributed by atoms with van der Waals surface area (Å²) in [6.07, 6.45) is -4.89. The number of hydrogen-bond acceptors (Lipinski definition) is 5. The number of rotatable bonds is 8. The van der Waals surface area contributed by atoms with Crippen molar-refractivity contribution in [3.8, 4) is 23.0 Å². The molecular weight excluding hydrogens is 417 g/mol. The Hall–Kier alpha value is -3.24. The first-order valence-electron chi connectivity index (χ1n) is 8.33. The molecule has 0 aromatic heterocycles. The molecule has 0 bridgehead atoms. The van der Waals surface area contributed by atoms with Gasteiger partial charge in [-0.15, -0.1) is 0 Å². The van der Waals surface area contributed by atoms with Gasteiger partial charge in [0.2, 0.25) is 5.75 Å². The Morgan fingerprint density at radius 1 is 0.967 bits per heavy atom. The highest BCUT2D eigenvalue weighted by atomic mass is 19.4. The zero-order chi connectivity index (χ0) is 22.5. The van der Waals surface area contributed by atoms with Crippen LogP contribution >= 0.6 is 0 Å². The van der Waals surface area contributed by atoms with Crippen LogP contribution in [0.2, 0.25) is 0 Å². The van der Waals surface area contributed by atoms with E-state index >= 15 is 0 Å². The molecule has 0 unspecified atom stereocenters. The van der Waals surface area contributed by atoms with Gasteiger partial charge >= 0.3 is 12.8 Å². The minimum atomic E-state index is -4.89. The largest absolute Gasteiger partial charge is 0.493 e. The number of alkyl halides is 5. The quantitative estimate of drug-likeness (QED) is 0.625. The summed E-state index contributed by atoms with van der Waals surface area (Å²) in [7, 11) is 3.75. The third-order valence-electron chi connectivity index (χ3n) is 3.94. The summed E-state index contributed by atoms with van der Waals surface area (Å²) in [5, 5.41) is 1.85. The van der Waals surface area contributed by atoms with Crippen LogP contribution in [0.5, 0.6) is 23.0 Å². The molecule has 1 N–H and O–H groups in total. The van der Waals surface area contributed by atoms with Crippen LogP contribution in [0.1, 0.15) is 22.0 Å². The van der Waals surface area contributed by atoms with Crippen molar-refractivity contribution in [2.24, 2.45) is 0 Å². The summed E-state index contributed by atoms with van der Waals surface area (Å²) in [5.41, 5.74) is -0.680. The van der Waals surface area contributed by atoms with Crippen molar-refractivity contribution in [1.82, 2.24) is 5.32 Å². The van der Waals surface area contributed by atoms with Crippen LogP contribution in [0.4, 0.5) is 22.0 Å². The van der Waals surface area contributed by atoms with E-state index in [2.05, 4.69) is 4.74 Å². The third-order valence-corrected chi connectivity index (χ3v) is 3.94. The molecular formula is C19H18F5NO5. The number of benzene rings is 2. The average Bonchev–Trinajstić information content (AvgIpc) is 2.69.